The number of nitrogens with zero attached hydrogens (tertiary/aromatic N) is 2. The summed E-state index contributed by atoms with van der Waals surface area (Å²) in [5, 5.41) is 2.80. The van der Waals surface area contributed by atoms with E-state index in [1.54, 1.807) is 24.3 Å². The van der Waals surface area contributed by atoms with Gasteiger partial charge < -0.3 is 10.2 Å². The molecule has 0 radical (unpaired) electrons. The molecule has 0 unspecified atom stereocenters. The molecule has 2 amide bonds. The number of hydrogen-bond donors (Lipinski definition) is 1. The SMILES string of the molecule is CS(=O)(=O)N(CC(=O)NCc1ccccc1CN1CCCC1=O)c1ccccc1Br. The molecule has 0 saturated carbocycles. The van der Waals surface area contributed by atoms with Gasteiger partial charge in [0.1, 0.15) is 6.54 Å². The molecule has 7 nitrogen and oxygen atoms in total. The Morgan fingerprint density at radius 2 is 1.80 bits per heavy atom. The van der Waals surface area contributed by atoms with E-state index in [4.69, 9.17) is 0 Å². The van der Waals surface area contributed by atoms with Gasteiger partial charge in [0.2, 0.25) is 21.8 Å². The van der Waals surface area contributed by atoms with Crippen molar-refractivity contribution in [2.45, 2.75) is 25.9 Å². The fourth-order valence-corrected chi connectivity index (χ4v) is 4.86. The van der Waals surface area contributed by atoms with Gasteiger partial charge in [0, 0.05) is 30.5 Å². The smallest absolute Gasteiger partial charge is 0.241 e. The van der Waals surface area contributed by atoms with E-state index in [2.05, 4.69) is 21.2 Å². The number of benzene rings is 2. The monoisotopic (exact) mass is 493 g/mol. The zero-order valence-electron chi connectivity index (χ0n) is 16.7. The Balaban J connectivity index is 1.68. The van der Waals surface area contributed by atoms with Gasteiger partial charge >= 0.3 is 0 Å². The van der Waals surface area contributed by atoms with Crippen LogP contribution in [-0.4, -0.2) is 44.5 Å². The van der Waals surface area contributed by atoms with Crippen LogP contribution in [0, 0.1) is 0 Å². The highest BCUT2D eigenvalue weighted by Crippen LogP contribution is 2.27. The van der Waals surface area contributed by atoms with Crippen molar-refractivity contribution in [3.8, 4) is 0 Å². The number of likely N-dealkylation sites (tertiary alicyclic amines) is 1. The second kappa shape index (κ2) is 9.61. The number of carbonyl (C=O) groups excluding carboxylic acids is 2. The Hall–Kier alpha value is -2.39. The third-order valence-electron chi connectivity index (χ3n) is 4.94. The summed E-state index contributed by atoms with van der Waals surface area (Å²) >= 11 is 3.34. The van der Waals surface area contributed by atoms with Crippen LogP contribution in [0.2, 0.25) is 0 Å². The first-order chi connectivity index (χ1) is 14.3. The van der Waals surface area contributed by atoms with Gasteiger partial charge in [0.15, 0.2) is 0 Å². The zero-order chi connectivity index (χ0) is 21.7. The minimum absolute atomic E-state index is 0.145. The molecule has 0 bridgehead atoms. The molecule has 160 valence electrons. The van der Waals surface area contributed by atoms with Crippen LogP contribution in [0.5, 0.6) is 0 Å². The van der Waals surface area contributed by atoms with Crippen molar-refractivity contribution in [3.63, 3.8) is 0 Å². The molecule has 1 fully saturated rings. The Labute approximate surface area is 185 Å². The molecular weight excluding hydrogens is 470 g/mol. The van der Waals surface area contributed by atoms with Gasteiger partial charge in [-0.15, -0.1) is 0 Å². The third-order valence-corrected chi connectivity index (χ3v) is 6.73. The van der Waals surface area contributed by atoms with Crippen LogP contribution >= 0.6 is 15.9 Å². The van der Waals surface area contributed by atoms with E-state index in [0.717, 1.165) is 34.7 Å². The molecule has 30 heavy (non-hydrogen) atoms. The van der Waals surface area contributed by atoms with E-state index in [-0.39, 0.29) is 19.0 Å². The predicted octanol–water partition coefficient (Wildman–Crippen LogP) is 2.65. The summed E-state index contributed by atoms with van der Waals surface area (Å²) in [6, 6.07) is 14.5. The van der Waals surface area contributed by atoms with E-state index < -0.39 is 15.9 Å². The van der Waals surface area contributed by atoms with E-state index >= 15 is 0 Å². The lowest BCUT2D eigenvalue weighted by atomic mass is 10.1. The molecule has 9 heteroatoms. The molecule has 2 aromatic carbocycles. The molecule has 1 heterocycles. The van der Waals surface area contributed by atoms with Crippen molar-refractivity contribution in [1.82, 2.24) is 10.2 Å². The first-order valence-electron chi connectivity index (χ1n) is 9.59. The summed E-state index contributed by atoms with van der Waals surface area (Å²) in [6.45, 7) is 1.19. The number of nitrogens with one attached hydrogen (secondary N) is 1. The Morgan fingerprint density at radius 1 is 1.13 bits per heavy atom. The lowest BCUT2D eigenvalue weighted by molar-refractivity contribution is -0.128. The van der Waals surface area contributed by atoms with Crippen LogP contribution in [0.4, 0.5) is 5.69 Å². The Bertz CT molecular complexity index is 1040. The average molecular weight is 494 g/mol. The molecule has 0 atom stereocenters. The molecule has 1 saturated heterocycles. The first kappa shape index (κ1) is 22.3. The highest BCUT2D eigenvalue weighted by Gasteiger charge is 2.23. The summed E-state index contributed by atoms with van der Waals surface area (Å²) in [4.78, 5) is 26.3. The van der Waals surface area contributed by atoms with Crippen molar-refractivity contribution in [3.05, 3.63) is 64.1 Å². The predicted molar refractivity (Wildman–Crippen MR) is 119 cm³/mol. The van der Waals surface area contributed by atoms with E-state index in [9.17, 15) is 18.0 Å². The number of anilines is 1. The van der Waals surface area contributed by atoms with Gasteiger partial charge in [-0.2, -0.15) is 0 Å². The van der Waals surface area contributed by atoms with Crippen LogP contribution in [0.25, 0.3) is 0 Å². The summed E-state index contributed by atoms with van der Waals surface area (Å²) in [5.74, 6) is -0.269. The number of carbonyl (C=O) groups is 2. The second-order valence-corrected chi connectivity index (χ2v) is 9.95. The van der Waals surface area contributed by atoms with E-state index in [1.807, 2.05) is 29.2 Å². The number of halogens is 1. The Morgan fingerprint density at radius 3 is 2.43 bits per heavy atom. The third kappa shape index (κ3) is 5.60. The van der Waals surface area contributed by atoms with Crippen molar-refractivity contribution in [2.75, 3.05) is 23.7 Å². The number of sulfonamides is 1. The van der Waals surface area contributed by atoms with Gasteiger partial charge in [0.05, 0.1) is 11.9 Å². The largest absolute Gasteiger partial charge is 0.350 e. The van der Waals surface area contributed by atoms with Gasteiger partial charge in [-0.1, -0.05) is 36.4 Å². The standard InChI is InChI=1S/C21H24BrN3O4S/c1-30(28,29)25(19-10-5-4-9-18(19)22)15-20(26)23-13-16-7-2-3-8-17(16)14-24-12-6-11-21(24)27/h2-5,7-10H,6,11-15H2,1H3,(H,23,26). The summed E-state index contributed by atoms with van der Waals surface area (Å²) in [5.41, 5.74) is 2.28. The maximum Gasteiger partial charge on any atom is 0.241 e. The Kier molecular flexibility index (Phi) is 7.14. The topological polar surface area (TPSA) is 86.8 Å². The van der Waals surface area contributed by atoms with E-state index in [1.165, 1.54) is 0 Å². The molecule has 0 spiro atoms. The molecule has 1 aliphatic heterocycles. The lowest BCUT2D eigenvalue weighted by Crippen LogP contribution is -2.40. The van der Waals surface area contributed by atoms with Crippen molar-refractivity contribution >= 4 is 43.5 Å². The lowest BCUT2D eigenvalue weighted by Gasteiger charge is -2.23. The van der Waals surface area contributed by atoms with Crippen LogP contribution in [0.15, 0.2) is 53.0 Å². The number of amides is 2. The van der Waals surface area contributed by atoms with Crippen LogP contribution in [0.1, 0.15) is 24.0 Å². The van der Waals surface area contributed by atoms with E-state index in [0.29, 0.717) is 23.1 Å². The van der Waals surface area contributed by atoms with Gasteiger partial charge in [-0.3, -0.25) is 13.9 Å². The van der Waals surface area contributed by atoms with Crippen LogP contribution in [-0.2, 0) is 32.7 Å². The summed E-state index contributed by atoms with van der Waals surface area (Å²) in [7, 11) is -3.65. The molecule has 1 N–H and O–H groups in total. The van der Waals surface area contributed by atoms with Crippen LogP contribution in [0.3, 0.4) is 0 Å². The quantitative estimate of drug-likeness (QED) is 0.612. The van der Waals surface area contributed by atoms with Crippen molar-refractivity contribution in [1.29, 1.82) is 0 Å². The molecule has 2 aromatic rings. The molecule has 3 rings (SSSR count). The van der Waals surface area contributed by atoms with Gasteiger partial charge in [-0.05, 0) is 45.6 Å². The zero-order valence-corrected chi connectivity index (χ0v) is 19.1. The molecule has 1 aliphatic rings. The molecule has 0 aliphatic carbocycles. The maximum absolute atomic E-state index is 12.6. The van der Waals surface area contributed by atoms with Gasteiger partial charge in [0.25, 0.3) is 0 Å². The number of para-hydroxylation sites is 1. The van der Waals surface area contributed by atoms with Crippen molar-refractivity contribution < 1.29 is 18.0 Å². The normalized spacial score (nSPS) is 14.1. The highest BCUT2D eigenvalue weighted by atomic mass is 79.9. The fourth-order valence-electron chi connectivity index (χ4n) is 3.38. The summed E-state index contributed by atoms with van der Waals surface area (Å²) in [6.07, 6.45) is 2.52. The van der Waals surface area contributed by atoms with Gasteiger partial charge in [-0.25, -0.2) is 8.42 Å². The fraction of sp³-hybridized carbons (Fsp3) is 0.333. The maximum atomic E-state index is 12.6. The van der Waals surface area contributed by atoms with Crippen LogP contribution < -0.4 is 9.62 Å². The van der Waals surface area contributed by atoms with Crippen molar-refractivity contribution in [2.24, 2.45) is 0 Å². The number of rotatable bonds is 8. The minimum Gasteiger partial charge on any atom is -0.350 e. The first-order valence-corrected chi connectivity index (χ1v) is 12.2. The molecular formula is C21H24BrN3O4S. The summed E-state index contributed by atoms with van der Waals surface area (Å²) < 4.78 is 26.2. The highest BCUT2D eigenvalue weighted by molar-refractivity contribution is 9.10. The average Bonchev–Trinajstić information content (AvgIpc) is 3.10. The minimum atomic E-state index is -3.65. The second-order valence-electron chi connectivity index (χ2n) is 7.19. The molecule has 0 aromatic heterocycles. The number of hydrogen-bond acceptors (Lipinski definition) is 4.